The third-order valence-corrected chi connectivity index (χ3v) is 5.28. The second-order valence-corrected chi connectivity index (χ2v) is 7.51. The number of fused-ring (bicyclic) bond motifs is 1. The molecule has 1 unspecified atom stereocenters. The Kier molecular flexibility index (Phi) is 5.81. The molecule has 3 aromatic rings. The number of rotatable bonds is 5. The fourth-order valence-electron chi connectivity index (χ4n) is 3.62. The molecule has 3 heterocycles. The van der Waals surface area contributed by atoms with Crippen LogP contribution in [0.1, 0.15) is 28.5 Å². The number of aromatic nitrogens is 2. The van der Waals surface area contributed by atoms with Crippen LogP contribution in [0.2, 0.25) is 0 Å². The number of anilines is 1. The maximum Gasteiger partial charge on any atom is 0.253 e. The van der Waals surface area contributed by atoms with Crippen molar-refractivity contribution in [2.45, 2.75) is 26.5 Å². The van der Waals surface area contributed by atoms with Crippen LogP contribution in [-0.4, -0.2) is 48.8 Å². The molecular weight excluding hydrogens is 380 g/mol. The van der Waals surface area contributed by atoms with E-state index in [-0.39, 0.29) is 12.0 Å². The summed E-state index contributed by atoms with van der Waals surface area (Å²) >= 11 is 0. The molecule has 1 amide bonds. The van der Waals surface area contributed by atoms with E-state index < -0.39 is 0 Å². The molecule has 4 rings (SSSR count). The fraction of sp³-hybridized carbons (Fsp3) is 0.348. The SMILES string of the molecule is COc1ccc2nc(C)c(C(=O)NCc3ccc(N4CCOC(C)C4)nc3)cc2c1. The number of hydrogen-bond donors (Lipinski definition) is 1. The normalized spacial score (nSPS) is 16.5. The first-order valence-corrected chi connectivity index (χ1v) is 10.1. The van der Waals surface area contributed by atoms with Gasteiger partial charge in [-0.2, -0.15) is 0 Å². The molecule has 1 aliphatic rings. The van der Waals surface area contributed by atoms with Crippen molar-refractivity contribution in [1.29, 1.82) is 0 Å². The highest BCUT2D eigenvalue weighted by atomic mass is 16.5. The van der Waals surface area contributed by atoms with Crippen LogP contribution in [0.4, 0.5) is 5.82 Å². The van der Waals surface area contributed by atoms with Crippen molar-refractivity contribution in [1.82, 2.24) is 15.3 Å². The van der Waals surface area contributed by atoms with Crippen molar-refractivity contribution in [3.05, 3.63) is 59.4 Å². The largest absolute Gasteiger partial charge is 0.497 e. The maximum atomic E-state index is 12.8. The summed E-state index contributed by atoms with van der Waals surface area (Å²) in [5.41, 5.74) is 3.03. The molecule has 0 radical (unpaired) electrons. The second-order valence-electron chi connectivity index (χ2n) is 7.51. The third kappa shape index (κ3) is 4.36. The van der Waals surface area contributed by atoms with E-state index in [1.807, 2.05) is 49.5 Å². The van der Waals surface area contributed by atoms with Gasteiger partial charge >= 0.3 is 0 Å². The van der Waals surface area contributed by atoms with Gasteiger partial charge in [-0.25, -0.2) is 4.98 Å². The highest BCUT2D eigenvalue weighted by Gasteiger charge is 2.18. The zero-order chi connectivity index (χ0) is 21.1. The highest BCUT2D eigenvalue weighted by molar-refractivity contribution is 5.98. The number of morpholine rings is 1. The lowest BCUT2D eigenvalue weighted by atomic mass is 10.1. The Labute approximate surface area is 176 Å². The van der Waals surface area contributed by atoms with Crippen molar-refractivity contribution >= 4 is 22.6 Å². The zero-order valence-electron chi connectivity index (χ0n) is 17.5. The molecule has 156 valence electrons. The summed E-state index contributed by atoms with van der Waals surface area (Å²) in [5.74, 6) is 1.51. The predicted octanol–water partition coefficient (Wildman–Crippen LogP) is 3.10. The molecule has 0 spiro atoms. The van der Waals surface area contributed by atoms with Gasteiger partial charge in [0.05, 0.1) is 36.6 Å². The van der Waals surface area contributed by atoms with Crippen molar-refractivity contribution < 1.29 is 14.3 Å². The summed E-state index contributed by atoms with van der Waals surface area (Å²) in [7, 11) is 1.62. The highest BCUT2D eigenvalue weighted by Crippen LogP contribution is 2.22. The van der Waals surface area contributed by atoms with E-state index in [0.29, 0.717) is 24.4 Å². The zero-order valence-corrected chi connectivity index (χ0v) is 17.5. The van der Waals surface area contributed by atoms with E-state index in [9.17, 15) is 4.79 Å². The Morgan fingerprint density at radius 3 is 2.90 bits per heavy atom. The quantitative estimate of drug-likeness (QED) is 0.702. The van der Waals surface area contributed by atoms with E-state index in [1.165, 1.54) is 0 Å². The average molecular weight is 406 g/mol. The van der Waals surface area contributed by atoms with Gasteiger partial charge in [-0.3, -0.25) is 9.78 Å². The number of ether oxygens (including phenoxy) is 2. The minimum absolute atomic E-state index is 0.157. The Morgan fingerprint density at radius 2 is 2.17 bits per heavy atom. The van der Waals surface area contributed by atoms with Crippen LogP contribution in [0.3, 0.4) is 0 Å². The van der Waals surface area contributed by atoms with Gasteiger partial charge in [0.2, 0.25) is 0 Å². The number of methoxy groups -OCH3 is 1. The molecule has 1 atom stereocenters. The lowest BCUT2D eigenvalue weighted by molar-refractivity contribution is 0.0529. The molecule has 0 aliphatic carbocycles. The molecular formula is C23H26N4O3. The maximum absolute atomic E-state index is 12.8. The molecule has 30 heavy (non-hydrogen) atoms. The van der Waals surface area contributed by atoms with Gasteiger partial charge in [0.25, 0.3) is 5.91 Å². The lowest BCUT2D eigenvalue weighted by Gasteiger charge is -2.32. The van der Waals surface area contributed by atoms with E-state index in [1.54, 1.807) is 7.11 Å². The summed E-state index contributed by atoms with van der Waals surface area (Å²) in [6.07, 6.45) is 2.02. The predicted molar refractivity (Wildman–Crippen MR) is 116 cm³/mol. The van der Waals surface area contributed by atoms with E-state index in [4.69, 9.17) is 9.47 Å². The van der Waals surface area contributed by atoms with Crippen LogP contribution in [0.5, 0.6) is 5.75 Å². The molecule has 1 fully saturated rings. The van der Waals surface area contributed by atoms with Crippen LogP contribution in [0, 0.1) is 6.92 Å². The minimum Gasteiger partial charge on any atom is -0.497 e. The number of nitrogens with one attached hydrogen (secondary N) is 1. The Hall–Kier alpha value is -3.19. The summed E-state index contributed by atoms with van der Waals surface area (Å²) in [4.78, 5) is 24.1. The van der Waals surface area contributed by atoms with Gasteiger partial charge in [-0.1, -0.05) is 6.07 Å². The number of pyridine rings is 2. The van der Waals surface area contributed by atoms with E-state index in [2.05, 4.69) is 27.1 Å². The van der Waals surface area contributed by atoms with Gasteiger partial charge in [0, 0.05) is 31.2 Å². The monoisotopic (exact) mass is 406 g/mol. The Bertz CT molecular complexity index is 1050. The van der Waals surface area contributed by atoms with Crippen LogP contribution in [0.15, 0.2) is 42.6 Å². The number of benzene rings is 1. The van der Waals surface area contributed by atoms with Crippen LogP contribution >= 0.6 is 0 Å². The summed E-state index contributed by atoms with van der Waals surface area (Å²) in [5, 5.41) is 3.84. The van der Waals surface area contributed by atoms with Crippen molar-refractivity contribution in [2.75, 3.05) is 31.7 Å². The van der Waals surface area contributed by atoms with Crippen molar-refractivity contribution in [3.8, 4) is 5.75 Å². The Balaban J connectivity index is 1.43. The number of nitrogens with zero attached hydrogens (tertiary/aromatic N) is 3. The van der Waals surface area contributed by atoms with Crippen molar-refractivity contribution in [2.24, 2.45) is 0 Å². The first-order valence-electron chi connectivity index (χ1n) is 10.1. The average Bonchev–Trinajstić information content (AvgIpc) is 2.77. The summed E-state index contributed by atoms with van der Waals surface area (Å²) < 4.78 is 10.9. The number of aryl methyl sites for hydroxylation is 1. The lowest BCUT2D eigenvalue weighted by Crippen LogP contribution is -2.41. The first-order chi connectivity index (χ1) is 14.5. The number of carbonyl (C=O) groups excluding carboxylic acids is 1. The van der Waals surface area contributed by atoms with E-state index in [0.717, 1.165) is 41.1 Å². The number of carbonyl (C=O) groups is 1. The molecule has 0 saturated carbocycles. The number of hydrogen-bond acceptors (Lipinski definition) is 6. The molecule has 7 nitrogen and oxygen atoms in total. The molecule has 1 aliphatic heterocycles. The molecule has 1 saturated heterocycles. The van der Waals surface area contributed by atoms with Crippen LogP contribution in [-0.2, 0) is 11.3 Å². The van der Waals surface area contributed by atoms with Gasteiger partial charge in [-0.15, -0.1) is 0 Å². The smallest absolute Gasteiger partial charge is 0.253 e. The summed E-state index contributed by atoms with van der Waals surface area (Å²) in [6, 6.07) is 11.5. The van der Waals surface area contributed by atoms with Crippen LogP contribution < -0.4 is 15.0 Å². The molecule has 0 bridgehead atoms. The molecule has 1 N–H and O–H groups in total. The first kappa shape index (κ1) is 20.1. The third-order valence-electron chi connectivity index (χ3n) is 5.28. The summed E-state index contributed by atoms with van der Waals surface area (Å²) in [6.45, 7) is 6.70. The van der Waals surface area contributed by atoms with Gasteiger partial charge in [0.15, 0.2) is 0 Å². The minimum atomic E-state index is -0.157. The van der Waals surface area contributed by atoms with Gasteiger partial charge in [-0.05, 0) is 49.7 Å². The topological polar surface area (TPSA) is 76.6 Å². The van der Waals surface area contributed by atoms with E-state index >= 15 is 0 Å². The standard InChI is InChI=1S/C23H26N4O3/c1-15-14-27(8-9-30-15)22-7-4-17(12-24-22)13-25-23(28)20-11-18-10-19(29-3)5-6-21(18)26-16(20)2/h4-7,10-12,15H,8-9,13-14H2,1-3H3,(H,25,28). The number of amides is 1. The van der Waals surface area contributed by atoms with Gasteiger partial charge in [0.1, 0.15) is 11.6 Å². The second kappa shape index (κ2) is 8.67. The molecule has 2 aromatic heterocycles. The van der Waals surface area contributed by atoms with Crippen LogP contribution in [0.25, 0.3) is 10.9 Å². The van der Waals surface area contributed by atoms with Gasteiger partial charge < -0.3 is 19.7 Å². The molecule has 1 aromatic carbocycles. The fourth-order valence-corrected chi connectivity index (χ4v) is 3.62. The Morgan fingerprint density at radius 1 is 1.30 bits per heavy atom. The van der Waals surface area contributed by atoms with Crippen molar-refractivity contribution in [3.63, 3.8) is 0 Å². The molecule has 7 heteroatoms.